The number of halogens is 3. The van der Waals surface area contributed by atoms with Gasteiger partial charge in [-0.05, 0) is 22.6 Å². The predicted octanol–water partition coefficient (Wildman–Crippen LogP) is 1.50. The maximum Gasteiger partial charge on any atom is 0.278 e. The molecule has 6 heteroatoms. The Hall–Kier alpha value is -0.660. The van der Waals surface area contributed by atoms with E-state index in [0.29, 0.717) is 0 Å². The van der Waals surface area contributed by atoms with Crippen LogP contribution >= 0.6 is 22.6 Å². The van der Waals surface area contributed by atoms with Crippen LogP contribution in [-0.2, 0) is 0 Å². The summed E-state index contributed by atoms with van der Waals surface area (Å²) in [6.45, 7) is 0. The Morgan fingerprint density at radius 1 is 1.58 bits per heavy atom. The van der Waals surface area contributed by atoms with E-state index in [2.05, 4.69) is 4.98 Å². The topological polar surface area (TPSA) is 58.9 Å². The number of pyridine rings is 1. The molecule has 0 atom stereocenters. The second-order valence-electron chi connectivity index (χ2n) is 2.12. The summed E-state index contributed by atoms with van der Waals surface area (Å²) in [5, 5.41) is 0. The molecule has 0 spiro atoms. The van der Waals surface area contributed by atoms with Crippen molar-refractivity contribution in [1.82, 2.24) is 4.98 Å². The minimum absolute atomic E-state index is 0.0154. The fourth-order valence-corrected chi connectivity index (χ4v) is 0.992. The van der Waals surface area contributed by atoms with E-state index in [-0.39, 0.29) is 9.39 Å². The quantitative estimate of drug-likeness (QED) is 0.769. The van der Waals surface area contributed by atoms with E-state index < -0.39 is 17.5 Å². The summed E-state index contributed by atoms with van der Waals surface area (Å²) < 4.78 is 24.3. The summed E-state index contributed by atoms with van der Waals surface area (Å²) >= 11 is 1.70. The molecule has 66 valence electrons. The molecule has 0 aliphatic carbocycles. The number of nitrogens with two attached hydrogens (primary N) is 1. The summed E-state index contributed by atoms with van der Waals surface area (Å²) in [6, 6.07) is 0.850. The van der Waals surface area contributed by atoms with Gasteiger partial charge in [0.25, 0.3) is 6.43 Å². The Balaban J connectivity index is 3.31. The van der Waals surface area contributed by atoms with E-state index in [0.717, 1.165) is 6.07 Å². The number of nitrogens with one attached hydrogen (secondary N) is 1. The summed E-state index contributed by atoms with van der Waals surface area (Å²) in [6.07, 6.45) is -2.70. The molecule has 1 aromatic rings. The Morgan fingerprint density at radius 3 is 2.58 bits per heavy atom. The number of rotatable bonds is 1. The van der Waals surface area contributed by atoms with Gasteiger partial charge in [0.2, 0.25) is 0 Å². The van der Waals surface area contributed by atoms with Gasteiger partial charge in [-0.1, -0.05) is 0 Å². The first-order valence-corrected chi connectivity index (χ1v) is 4.06. The zero-order valence-corrected chi connectivity index (χ0v) is 7.93. The van der Waals surface area contributed by atoms with Crippen LogP contribution in [0, 0.1) is 3.57 Å². The molecule has 0 aromatic carbocycles. The summed E-state index contributed by atoms with van der Waals surface area (Å²) in [5.74, 6) is -0.0154. The second kappa shape index (κ2) is 3.38. The number of aromatic nitrogens is 1. The molecule has 12 heavy (non-hydrogen) atoms. The minimum Gasteiger partial charge on any atom is -0.384 e. The number of hydrogen-bond acceptors (Lipinski definition) is 2. The molecule has 1 aromatic heterocycles. The van der Waals surface area contributed by atoms with Gasteiger partial charge >= 0.3 is 0 Å². The lowest BCUT2D eigenvalue weighted by molar-refractivity contribution is 0.146. The van der Waals surface area contributed by atoms with Crippen molar-refractivity contribution in [3.63, 3.8) is 0 Å². The maximum absolute atomic E-state index is 12.0. The lowest BCUT2D eigenvalue weighted by Gasteiger charge is -2.02. The predicted molar refractivity (Wildman–Crippen MR) is 49.1 cm³/mol. The third kappa shape index (κ3) is 1.74. The lowest BCUT2D eigenvalue weighted by Crippen LogP contribution is -2.12. The normalized spacial score (nSPS) is 10.7. The van der Waals surface area contributed by atoms with E-state index in [9.17, 15) is 13.6 Å². The smallest absolute Gasteiger partial charge is 0.278 e. The van der Waals surface area contributed by atoms with Crippen LogP contribution in [0.5, 0.6) is 0 Å². The number of hydrogen-bond donors (Lipinski definition) is 2. The highest BCUT2D eigenvalue weighted by molar-refractivity contribution is 14.1. The van der Waals surface area contributed by atoms with Crippen LogP contribution in [0.2, 0.25) is 0 Å². The van der Waals surface area contributed by atoms with Crippen molar-refractivity contribution in [1.29, 1.82) is 0 Å². The van der Waals surface area contributed by atoms with Crippen LogP contribution in [-0.4, -0.2) is 4.98 Å². The zero-order valence-electron chi connectivity index (χ0n) is 5.77. The van der Waals surface area contributed by atoms with Crippen molar-refractivity contribution in [2.24, 2.45) is 0 Å². The van der Waals surface area contributed by atoms with Gasteiger partial charge in [-0.25, -0.2) is 8.78 Å². The molecule has 1 heterocycles. The number of H-pyrrole nitrogens is 1. The van der Waals surface area contributed by atoms with Gasteiger partial charge in [0, 0.05) is 6.07 Å². The second-order valence-corrected chi connectivity index (χ2v) is 3.20. The third-order valence-electron chi connectivity index (χ3n) is 1.25. The molecule has 0 fully saturated rings. The van der Waals surface area contributed by atoms with Crippen molar-refractivity contribution in [2.75, 3.05) is 5.73 Å². The van der Waals surface area contributed by atoms with Crippen molar-refractivity contribution < 1.29 is 8.78 Å². The monoisotopic (exact) mass is 286 g/mol. The van der Waals surface area contributed by atoms with Gasteiger partial charge in [-0.15, -0.1) is 0 Å². The molecule has 0 unspecified atom stereocenters. The van der Waals surface area contributed by atoms with Gasteiger partial charge in [0.1, 0.15) is 9.39 Å². The fraction of sp³-hybridized carbons (Fsp3) is 0.167. The molecule has 0 aliphatic heterocycles. The van der Waals surface area contributed by atoms with E-state index in [1.54, 1.807) is 22.6 Å². The van der Waals surface area contributed by atoms with Gasteiger partial charge in [-0.3, -0.25) is 4.79 Å². The standard InChI is InChI=1S/C6H5F2IN2O/c7-5(8)2-1-3(12)4(9)6(10)11-2/h1,5H,(H3,10,11,12). The average molecular weight is 286 g/mol. The van der Waals surface area contributed by atoms with Crippen LogP contribution in [0.1, 0.15) is 12.1 Å². The Bertz CT molecular complexity index is 350. The average Bonchev–Trinajstić information content (AvgIpc) is 1.99. The first-order chi connectivity index (χ1) is 5.52. The molecule has 0 radical (unpaired) electrons. The minimum atomic E-state index is -2.70. The van der Waals surface area contributed by atoms with Crippen molar-refractivity contribution in [3.8, 4) is 0 Å². The first kappa shape index (κ1) is 9.43. The van der Waals surface area contributed by atoms with Gasteiger partial charge < -0.3 is 10.7 Å². The molecule has 0 saturated carbocycles. The SMILES string of the molecule is Nc1[nH]c(C(F)F)cc(=O)c1I. The van der Waals surface area contributed by atoms with Crippen LogP contribution in [0.3, 0.4) is 0 Å². The van der Waals surface area contributed by atoms with Gasteiger partial charge in [0.05, 0.1) is 5.69 Å². The molecule has 0 amide bonds. The van der Waals surface area contributed by atoms with Gasteiger partial charge in [0.15, 0.2) is 5.43 Å². The number of alkyl halides is 2. The molecular formula is C6H5F2IN2O. The highest BCUT2D eigenvalue weighted by Gasteiger charge is 2.11. The van der Waals surface area contributed by atoms with Crippen LogP contribution < -0.4 is 11.2 Å². The molecule has 0 aliphatic rings. The van der Waals surface area contributed by atoms with Crippen molar-refractivity contribution in [2.45, 2.75) is 6.43 Å². The number of nitrogen functional groups attached to an aromatic ring is 1. The molecule has 3 N–H and O–H groups in total. The van der Waals surface area contributed by atoms with Crippen molar-refractivity contribution in [3.05, 3.63) is 25.6 Å². The first-order valence-electron chi connectivity index (χ1n) is 2.98. The highest BCUT2D eigenvalue weighted by Crippen LogP contribution is 2.17. The number of aromatic amines is 1. The molecule has 1 rings (SSSR count). The van der Waals surface area contributed by atoms with Crippen LogP contribution in [0.25, 0.3) is 0 Å². The van der Waals surface area contributed by atoms with E-state index >= 15 is 0 Å². The number of anilines is 1. The highest BCUT2D eigenvalue weighted by atomic mass is 127. The van der Waals surface area contributed by atoms with E-state index in [4.69, 9.17) is 5.73 Å². The van der Waals surface area contributed by atoms with Crippen molar-refractivity contribution >= 4 is 28.4 Å². The molecule has 0 saturated heterocycles. The Kier molecular flexibility index (Phi) is 2.65. The summed E-state index contributed by atoms with van der Waals surface area (Å²) in [5.41, 5.74) is 4.33. The largest absolute Gasteiger partial charge is 0.384 e. The third-order valence-corrected chi connectivity index (χ3v) is 2.37. The zero-order chi connectivity index (χ0) is 9.30. The van der Waals surface area contributed by atoms with Crippen LogP contribution in [0.4, 0.5) is 14.6 Å². The fourth-order valence-electron chi connectivity index (χ4n) is 0.701. The van der Waals surface area contributed by atoms with E-state index in [1.165, 1.54) is 0 Å². The summed E-state index contributed by atoms with van der Waals surface area (Å²) in [7, 11) is 0. The summed E-state index contributed by atoms with van der Waals surface area (Å²) in [4.78, 5) is 13.2. The Labute approximate surface area is 80.1 Å². The van der Waals surface area contributed by atoms with Gasteiger partial charge in [-0.2, -0.15) is 0 Å². The molecule has 3 nitrogen and oxygen atoms in total. The van der Waals surface area contributed by atoms with E-state index in [1.807, 2.05) is 0 Å². The molecule has 0 bridgehead atoms. The lowest BCUT2D eigenvalue weighted by atomic mass is 10.3. The Morgan fingerprint density at radius 2 is 2.17 bits per heavy atom. The molecular weight excluding hydrogens is 281 g/mol. The van der Waals surface area contributed by atoms with Crippen LogP contribution in [0.15, 0.2) is 10.9 Å². The maximum atomic E-state index is 12.0.